The van der Waals surface area contributed by atoms with Gasteiger partial charge < -0.3 is 10.1 Å². The smallest absolute Gasteiger partial charge is 0.626 e. The fourth-order valence-corrected chi connectivity index (χ4v) is 1.09. The Morgan fingerprint density at radius 2 is 2.00 bits per heavy atom. The van der Waals surface area contributed by atoms with Crippen molar-refractivity contribution < 1.29 is 34.4 Å². The van der Waals surface area contributed by atoms with Crippen molar-refractivity contribution in [3.05, 3.63) is 34.1 Å². The van der Waals surface area contributed by atoms with E-state index in [4.69, 9.17) is 0 Å². The number of carbonyl (C=O) groups is 1. The molecule has 0 aliphatic heterocycles. The second kappa shape index (κ2) is 5.75. The maximum absolute atomic E-state index is 10.6. The van der Waals surface area contributed by atoms with Crippen LogP contribution in [-0.2, 0) is 4.79 Å². The van der Waals surface area contributed by atoms with E-state index in [9.17, 15) is 4.79 Å². The fourth-order valence-electron chi connectivity index (χ4n) is 0.712. The molecular weight excluding hydrogens is 229 g/mol. The summed E-state index contributed by atoms with van der Waals surface area (Å²) in [5, 5.41) is 3.77. The van der Waals surface area contributed by atoms with Gasteiger partial charge in [-0.1, -0.05) is 34.1 Å². The molecule has 1 amide bonds. The van der Waals surface area contributed by atoms with Crippen molar-refractivity contribution in [1.29, 1.82) is 0 Å². The Kier molecular flexibility index (Phi) is 5.84. The Hall–Kier alpha value is 0.170. The Bertz CT molecular complexity index is 278. The fraction of sp³-hybridized carbons (Fsp3) is 0.125. The van der Waals surface area contributed by atoms with Gasteiger partial charge in [0, 0.05) is 4.47 Å². The van der Waals surface area contributed by atoms with E-state index in [1.165, 1.54) is 6.92 Å². The molecule has 0 fully saturated rings. The largest absolute Gasteiger partial charge is 1.00 e. The Labute approximate surface area is 102 Å². The Balaban J connectivity index is 0.00000121. The third kappa shape index (κ3) is 3.72. The van der Waals surface area contributed by atoms with Gasteiger partial charge in [0.2, 0.25) is 0 Å². The van der Waals surface area contributed by atoms with Gasteiger partial charge in [-0.3, -0.25) is 0 Å². The van der Waals surface area contributed by atoms with Crippen LogP contribution in [0.4, 0.5) is 5.69 Å². The molecule has 4 heteroatoms. The van der Waals surface area contributed by atoms with Crippen molar-refractivity contribution in [3.63, 3.8) is 0 Å². The Morgan fingerprint density at radius 3 is 2.50 bits per heavy atom. The van der Waals surface area contributed by atoms with Gasteiger partial charge in [0.05, 0.1) is 5.91 Å². The van der Waals surface area contributed by atoms with Crippen LogP contribution in [0.2, 0.25) is 0 Å². The monoisotopic (exact) mass is 235 g/mol. The number of amides is 1. The van der Waals surface area contributed by atoms with Gasteiger partial charge in [0.1, 0.15) is 0 Å². The predicted octanol–water partition coefficient (Wildman–Crippen LogP) is 0.00480. The average Bonchev–Trinajstić information content (AvgIpc) is 1.93. The van der Waals surface area contributed by atoms with Crippen LogP contribution in [0.25, 0.3) is 5.32 Å². The second-order valence-corrected chi connectivity index (χ2v) is 2.94. The van der Waals surface area contributed by atoms with E-state index in [0.717, 1.165) is 4.47 Å². The molecule has 2 nitrogen and oxygen atoms in total. The number of halogens is 1. The molecule has 0 unspecified atom stereocenters. The third-order valence-corrected chi connectivity index (χ3v) is 1.80. The number of hydrogen-bond acceptors (Lipinski definition) is 1. The summed E-state index contributed by atoms with van der Waals surface area (Å²) < 4.78 is 0.843. The zero-order valence-electron chi connectivity index (χ0n) is 7.04. The topological polar surface area (TPSA) is 31.2 Å². The van der Waals surface area contributed by atoms with Crippen LogP contribution in [0.3, 0.4) is 0 Å². The maximum Gasteiger partial charge on any atom is 1.00 e. The summed E-state index contributed by atoms with van der Waals surface area (Å²) in [5.74, 6) is -0.183. The van der Waals surface area contributed by atoms with Gasteiger partial charge in [-0.15, -0.1) is 5.69 Å². The summed E-state index contributed by atoms with van der Waals surface area (Å²) >= 11 is 3.28. The molecule has 1 aromatic carbocycles. The molecular formula is C8H7BrNNaO. The molecule has 0 spiro atoms. The summed E-state index contributed by atoms with van der Waals surface area (Å²) in [6, 6.07) is 7.35. The van der Waals surface area contributed by atoms with Crippen molar-refractivity contribution in [3.8, 4) is 0 Å². The van der Waals surface area contributed by atoms with E-state index >= 15 is 0 Å². The quantitative estimate of drug-likeness (QED) is 0.631. The molecule has 0 radical (unpaired) electrons. The molecule has 0 heterocycles. The summed E-state index contributed by atoms with van der Waals surface area (Å²) in [4.78, 5) is 10.6. The first-order chi connectivity index (χ1) is 5.20. The summed E-state index contributed by atoms with van der Waals surface area (Å²) in [6.07, 6.45) is 0. The zero-order valence-corrected chi connectivity index (χ0v) is 10.6. The van der Waals surface area contributed by atoms with Gasteiger partial charge in [0.25, 0.3) is 0 Å². The van der Waals surface area contributed by atoms with Crippen molar-refractivity contribution >= 4 is 27.5 Å². The molecule has 0 aliphatic carbocycles. The first-order valence-electron chi connectivity index (χ1n) is 3.17. The maximum atomic E-state index is 10.6. The van der Waals surface area contributed by atoms with E-state index < -0.39 is 0 Å². The van der Waals surface area contributed by atoms with Crippen LogP contribution >= 0.6 is 15.9 Å². The van der Waals surface area contributed by atoms with Gasteiger partial charge in [-0.2, -0.15) is 0 Å². The first kappa shape index (κ1) is 12.2. The van der Waals surface area contributed by atoms with Crippen molar-refractivity contribution in [2.75, 3.05) is 0 Å². The molecule has 0 aromatic heterocycles. The number of benzene rings is 1. The number of nitrogens with zero attached hydrogens (tertiary/aromatic N) is 1. The van der Waals surface area contributed by atoms with Gasteiger partial charge in [-0.25, -0.2) is 0 Å². The van der Waals surface area contributed by atoms with E-state index in [1.807, 2.05) is 18.2 Å². The van der Waals surface area contributed by atoms with E-state index in [1.54, 1.807) is 6.07 Å². The molecule has 1 rings (SSSR count). The molecule has 0 aliphatic rings. The van der Waals surface area contributed by atoms with Crippen molar-refractivity contribution in [2.45, 2.75) is 6.92 Å². The van der Waals surface area contributed by atoms with Gasteiger partial charge in [0.15, 0.2) is 0 Å². The van der Waals surface area contributed by atoms with Gasteiger partial charge in [-0.05, 0) is 13.0 Å². The average molecular weight is 236 g/mol. The molecule has 0 saturated carbocycles. The summed E-state index contributed by atoms with van der Waals surface area (Å²) in [5.41, 5.74) is 0.681. The summed E-state index contributed by atoms with van der Waals surface area (Å²) in [7, 11) is 0. The summed E-state index contributed by atoms with van der Waals surface area (Å²) in [6.45, 7) is 1.43. The van der Waals surface area contributed by atoms with Crippen molar-refractivity contribution in [1.82, 2.24) is 0 Å². The van der Waals surface area contributed by atoms with Crippen LogP contribution in [0.5, 0.6) is 0 Å². The Morgan fingerprint density at radius 1 is 1.42 bits per heavy atom. The second-order valence-electron chi connectivity index (χ2n) is 2.08. The van der Waals surface area contributed by atoms with Crippen LogP contribution in [0.15, 0.2) is 28.7 Å². The molecule has 58 valence electrons. The van der Waals surface area contributed by atoms with Crippen LogP contribution in [-0.4, -0.2) is 5.91 Å². The predicted molar refractivity (Wildman–Crippen MR) is 47.8 cm³/mol. The molecule has 0 atom stereocenters. The van der Waals surface area contributed by atoms with E-state index in [2.05, 4.69) is 21.2 Å². The van der Waals surface area contributed by atoms with Crippen molar-refractivity contribution in [2.24, 2.45) is 0 Å². The van der Waals surface area contributed by atoms with Gasteiger partial charge >= 0.3 is 29.6 Å². The normalized spacial score (nSPS) is 8.50. The third-order valence-electron chi connectivity index (χ3n) is 1.13. The minimum absolute atomic E-state index is 0. The molecule has 12 heavy (non-hydrogen) atoms. The van der Waals surface area contributed by atoms with E-state index in [0.29, 0.717) is 5.69 Å². The molecule has 0 saturated heterocycles. The number of para-hydroxylation sites is 1. The first-order valence-corrected chi connectivity index (χ1v) is 3.96. The number of hydrogen-bond donors (Lipinski definition) is 0. The zero-order chi connectivity index (χ0) is 8.27. The minimum Gasteiger partial charge on any atom is -0.626 e. The number of rotatable bonds is 1. The number of carbonyl (C=O) groups excluding carboxylic acids is 1. The van der Waals surface area contributed by atoms with Crippen LogP contribution < -0.4 is 29.6 Å². The standard InChI is InChI=1S/C8H8BrNO.Na/c1-6(11)10-8-5-3-2-4-7(8)9;/h2-5H,1H3,(H,10,11);/q;+1/p-1. The molecule has 0 bridgehead atoms. The minimum atomic E-state index is -0.183. The molecule has 0 N–H and O–H groups in total. The van der Waals surface area contributed by atoms with Crippen LogP contribution in [0, 0.1) is 0 Å². The van der Waals surface area contributed by atoms with E-state index in [-0.39, 0.29) is 35.5 Å². The molecule has 1 aromatic rings. The SMILES string of the molecule is CC(=O)[N-]c1ccccc1Br.[Na+]. The van der Waals surface area contributed by atoms with Crippen LogP contribution in [0.1, 0.15) is 6.92 Å².